The fourth-order valence-corrected chi connectivity index (χ4v) is 2.57. The topological polar surface area (TPSA) is 72.7 Å². The van der Waals surface area contributed by atoms with Gasteiger partial charge in [-0.2, -0.15) is 0 Å². The number of aliphatic imine (C=N–C) groups is 1. The molecule has 0 saturated carbocycles. The SMILES string of the molecule is CCCCOCCOCCNC(=NC)NCc1ccc(Cn2ccnc2)cc1.I. The minimum Gasteiger partial charge on any atom is -0.379 e. The highest BCUT2D eigenvalue weighted by Gasteiger charge is 2.00. The van der Waals surface area contributed by atoms with Crippen molar-refractivity contribution >= 4 is 29.9 Å². The third-order valence-electron chi connectivity index (χ3n) is 4.18. The van der Waals surface area contributed by atoms with E-state index in [1.807, 2.05) is 12.5 Å². The van der Waals surface area contributed by atoms with Crippen molar-refractivity contribution in [3.05, 3.63) is 54.1 Å². The van der Waals surface area contributed by atoms with Crippen LogP contribution in [0.2, 0.25) is 0 Å². The van der Waals surface area contributed by atoms with Gasteiger partial charge in [0.15, 0.2) is 5.96 Å². The molecule has 0 amide bonds. The van der Waals surface area contributed by atoms with Crippen LogP contribution in [-0.2, 0) is 22.6 Å². The maximum Gasteiger partial charge on any atom is 0.191 e. The number of ether oxygens (including phenoxy) is 2. The molecule has 2 rings (SSSR count). The molecule has 2 aromatic rings. The van der Waals surface area contributed by atoms with Gasteiger partial charge >= 0.3 is 0 Å². The molecule has 0 bridgehead atoms. The van der Waals surface area contributed by atoms with E-state index < -0.39 is 0 Å². The first kappa shape index (κ1) is 25.4. The first-order valence-corrected chi connectivity index (χ1v) is 9.95. The Hall–Kier alpha value is -1.65. The van der Waals surface area contributed by atoms with Gasteiger partial charge in [0.2, 0.25) is 0 Å². The van der Waals surface area contributed by atoms with Crippen LogP contribution in [0.25, 0.3) is 0 Å². The van der Waals surface area contributed by atoms with E-state index in [1.54, 1.807) is 13.2 Å². The number of hydrogen-bond acceptors (Lipinski definition) is 4. The number of unbranched alkanes of at least 4 members (excludes halogenated alkanes) is 1. The van der Waals surface area contributed by atoms with Gasteiger partial charge in [0.25, 0.3) is 0 Å². The van der Waals surface area contributed by atoms with E-state index in [0.29, 0.717) is 26.4 Å². The molecule has 1 heterocycles. The first-order valence-electron chi connectivity index (χ1n) is 9.95. The van der Waals surface area contributed by atoms with Crippen LogP contribution in [0.1, 0.15) is 30.9 Å². The minimum atomic E-state index is 0. The highest BCUT2D eigenvalue weighted by atomic mass is 127. The van der Waals surface area contributed by atoms with Crippen LogP contribution in [0, 0.1) is 0 Å². The Bertz CT molecular complexity index is 662. The summed E-state index contributed by atoms with van der Waals surface area (Å²) in [5.41, 5.74) is 2.46. The van der Waals surface area contributed by atoms with Crippen molar-refractivity contribution < 1.29 is 9.47 Å². The summed E-state index contributed by atoms with van der Waals surface area (Å²) in [6.07, 6.45) is 7.86. The third kappa shape index (κ3) is 11.2. The van der Waals surface area contributed by atoms with Gasteiger partial charge < -0.3 is 24.7 Å². The lowest BCUT2D eigenvalue weighted by atomic mass is 10.1. The summed E-state index contributed by atoms with van der Waals surface area (Å²) in [5, 5.41) is 6.57. The first-order chi connectivity index (χ1) is 13.8. The lowest BCUT2D eigenvalue weighted by molar-refractivity contribution is 0.0487. The zero-order valence-corrected chi connectivity index (χ0v) is 19.8. The molecule has 0 aliphatic carbocycles. The summed E-state index contributed by atoms with van der Waals surface area (Å²) >= 11 is 0. The number of guanidine groups is 1. The Morgan fingerprint density at radius 2 is 1.76 bits per heavy atom. The van der Waals surface area contributed by atoms with Gasteiger partial charge in [0, 0.05) is 45.7 Å². The van der Waals surface area contributed by atoms with Crippen molar-refractivity contribution in [1.82, 2.24) is 20.2 Å². The Morgan fingerprint density at radius 3 is 2.41 bits per heavy atom. The average Bonchev–Trinajstić information content (AvgIpc) is 3.23. The van der Waals surface area contributed by atoms with Crippen LogP contribution < -0.4 is 10.6 Å². The highest BCUT2D eigenvalue weighted by Crippen LogP contribution is 2.06. The van der Waals surface area contributed by atoms with E-state index in [0.717, 1.165) is 38.5 Å². The van der Waals surface area contributed by atoms with Crippen LogP contribution >= 0.6 is 24.0 Å². The molecule has 2 N–H and O–H groups in total. The summed E-state index contributed by atoms with van der Waals surface area (Å²) in [5.74, 6) is 0.769. The number of rotatable bonds is 13. The van der Waals surface area contributed by atoms with Gasteiger partial charge in [-0.3, -0.25) is 4.99 Å². The van der Waals surface area contributed by atoms with Crippen molar-refractivity contribution in [2.45, 2.75) is 32.9 Å². The molecule has 0 spiro atoms. The predicted molar refractivity (Wildman–Crippen MR) is 128 cm³/mol. The summed E-state index contributed by atoms with van der Waals surface area (Å²) in [7, 11) is 1.77. The molecule has 8 heteroatoms. The largest absolute Gasteiger partial charge is 0.379 e. The van der Waals surface area contributed by atoms with Crippen molar-refractivity contribution in [3.63, 3.8) is 0 Å². The molecule has 1 aromatic carbocycles. The van der Waals surface area contributed by atoms with Gasteiger partial charge in [-0.15, -0.1) is 24.0 Å². The Labute approximate surface area is 191 Å². The molecular formula is C21H34IN5O2. The smallest absolute Gasteiger partial charge is 0.191 e. The average molecular weight is 515 g/mol. The van der Waals surface area contributed by atoms with Gasteiger partial charge in [0.1, 0.15) is 0 Å². The molecule has 0 aliphatic heterocycles. The third-order valence-corrected chi connectivity index (χ3v) is 4.18. The van der Waals surface area contributed by atoms with Crippen LogP contribution in [0.3, 0.4) is 0 Å². The van der Waals surface area contributed by atoms with E-state index in [9.17, 15) is 0 Å². The minimum absolute atomic E-state index is 0. The van der Waals surface area contributed by atoms with E-state index in [2.05, 4.69) is 56.4 Å². The lowest BCUT2D eigenvalue weighted by Gasteiger charge is -2.12. The molecule has 0 aliphatic rings. The van der Waals surface area contributed by atoms with Crippen LogP contribution in [0.5, 0.6) is 0 Å². The summed E-state index contributed by atoms with van der Waals surface area (Å²) in [4.78, 5) is 8.31. The van der Waals surface area contributed by atoms with Crippen molar-refractivity contribution in [3.8, 4) is 0 Å². The molecule has 1 aromatic heterocycles. The fourth-order valence-electron chi connectivity index (χ4n) is 2.57. The standard InChI is InChI=1S/C21H33N5O2.HI/c1-3-4-12-27-14-15-28-13-10-24-21(22-2)25-16-19-5-7-20(8-6-19)17-26-11-9-23-18-26;/h5-9,11,18H,3-4,10,12-17H2,1-2H3,(H2,22,24,25);1H. The van der Waals surface area contributed by atoms with E-state index in [4.69, 9.17) is 9.47 Å². The molecule has 0 atom stereocenters. The maximum absolute atomic E-state index is 5.55. The summed E-state index contributed by atoms with van der Waals surface area (Å²) in [6, 6.07) is 8.55. The van der Waals surface area contributed by atoms with Crippen molar-refractivity contribution in [2.75, 3.05) is 40.0 Å². The second-order valence-corrected chi connectivity index (χ2v) is 6.48. The molecule has 162 valence electrons. The maximum atomic E-state index is 5.55. The Balaban J connectivity index is 0.00000420. The molecule has 0 fully saturated rings. The van der Waals surface area contributed by atoms with Gasteiger partial charge in [-0.25, -0.2) is 4.98 Å². The van der Waals surface area contributed by atoms with E-state index >= 15 is 0 Å². The second kappa shape index (κ2) is 16.2. The quantitative estimate of drug-likeness (QED) is 0.186. The van der Waals surface area contributed by atoms with Gasteiger partial charge in [-0.05, 0) is 17.5 Å². The van der Waals surface area contributed by atoms with Crippen LogP contribution in [0.15, 0.2) is 48.0 Å². The van der Waals surface area contributed by atoms with Crippen LogP contribution in [0.4, 0.5) is 0 Å². The zero-order valence-electron chi connectivity index (χ0n) is 17.5. The predicted octanol–water partition coefficient (Wildman–Crippen LogP) is 3.05. The fraction of sp³-hybridized carbons (Fsp3) is 0.524. The number of nitrogens with one attached hydrogen (secondary N) is 2. The van der Waals surface area contributed by atoms with E-state index in [1.165, 1.54) is 11.1 Å². The molecule has 0 unspecified atom stereocenters. The Morgan fingerprint density at radius 1 is 1.03 bits per heavy atom. The summed E-state index contributed by atoms with van der Waals surface area (Å²) < 4.78 is 13.1. The number of aromatic nitrogens is 2. The normalized spacial score (nSPS) is 11.2. The molecule has 29 heavy (non-hydrogen) atoms. The van der Waals surface area contributed by atoms with Gasteiger partial charge in [-0.1, -0.05) is 37.6 Å². The molecule has 0 saturated heterocycles. The van der Waals surface area contributed by atoms with Gasteiger partial charge in [0.05, 0.1) is 26.1 Å². The van der Waals surface area contributed by atoms with Crippen molar-refractivity contribution in [2.24, 2.45) is 4.99 Å². The number of imidazole rings is 1. The highest BCUT2D eigenvalue weighted by molar-refractivity contribution is 14.0. The zero-order chi connectivity index (χ0) is 19.9. The van der Waals surface area contributed by atoms with Crippen LogP contribution in [-0.4, -0.2) is 55.5 Å². The van der Waals surface area contributed by atoms with E-state index in [-0.39, 0.29) is 24.0 Å². The van der Waals surface area contributed by atoms with Crippen molar-refractivity contribution in [1.29, 1.82) is 0 Å². The molecule has 7 nitrogen and oxygen atoms in total. The summed E-state index contributed by atoms with van der Waals surface area (Å²) in [6.45, 7) is 7.15. The molecular weight excluding hydrogens is 481 g/mol. The second-order valence-electron chi connectivity index (χ2n) is 6.48. The number of hydrogen-bond donors (Lipinski definition) is 2. The molecule has 0 radical (unpaired) electrons. The number of benzene rings is 1. The lowest BCUT2D eigenvalue weighted by Crippen LogP contribution is -2.38. The monoisotopic (exact) mass is 515 g/mol. The number of nitrogens with zero attached hydrogens (tertiary/aromatic N) is 3. The Kier molecular flexibility index (Phi) is 14.2. The number of halogens is 1.